The van der Waals surface area contributed by atoms with Crippen molar-refractivity contribution in [2.24, 2.45) is 0 Å². The van der Waals surface area contributed by atoms with Crippen LogP contribution in [0.4, 0.5) is 5.69 Å². The fraction of sp³-hybridized carbons (Fsp3) is 0.462. The van der Waals surface area contributed by atoms with Crippen LogP contribution in [0.25, 0.3) is 0 Å². The number of carboxylic acids is 1. The van der Waals surface area contributed by atoms with Crippen LogP contribution in [0.1, 0.15) is 29.8 Å². The Kier molecular flexibility index (Phi) is 3.19. The summed E-state index contributed by atoms with van der Waals surface area (Å²) in [6.45, 7) is 3.56. The predicted molar refractivity (Wildman–Crippen MR) is 66.4 cm³/mol. The highest BCUT2D eigenvalue weighted by Gasteiger charge is 2.32. The Bertz CT molecular complexity index is 530. The zero-order valence-corrected chi connectivity index (χ0v) is 10.5. The number of rotatable bonds is 4. The maximum absolute atomic E-state index is 10.9. The summed E-state index contributed by atoms with van der Waals surface area (Å²) in [4.78, 5) is 17.0. The van der Waals surface area contributed by atoms with Crippen molar-refractivity contribution in [2.75, 3.05) is 11.4 Å². The zero-order chi connectivity index (χ0) is 13.3. The van der Waals surface area contributed by atoms with Gasteiger partial charge >= 0.3 is 5.97 Å². The van der Waals surface area contributed by atoms with Crippen molar-refractivity contribution >= 4 is 11.7 Å². The average molecular weight is 245 g/mol. The first-order chi connectivity index (χ1) is 8.52. The van der Waals surface area contributed by atoms with Crippen LogP contribution in [0.15, 0.2) is 6.07 Å². The molecule has 0 saturated heterocycles. The number of aliphatic carboxylic acids is 1. The molecule has 0 unspecified atom stereocenters. The molecule has 0 aromatic carbocycles. The van der Waals surface area contributed by atoms with Crippen LogP contribution in [0.2, 0.25) is 0 Å². The fourth-order valence-electron chi connectivity index (χ4n) is 2.12. The zero-order valence-electron chi connectivity index (χ0n) is 10.5. The Labute approximate surface area is 106 Å². The molecule has 1 heterocycles. The van der Waals surface area contributed by atoms with E-state index < -0.39 is 5.97 Å². The summed E-state index contributed by atoms with van der Waals surface area (Å²) < 4.78 is 0. The number of hydrogen-bond acceptors (Lipinski definition) is 4. The van der Waals surface area contributed by atoms with Gasteiger partial charge in [-0.05, 0) is 32.8 Å². The Hall–Kier alpha value is -2.09. The van der Waals surface area contributed by atoms with Crippen molar-refractivity contribution in [1.82, 2.24) is 4.98 Å². The summed E-state index contributed by atoms with van der Waals surface area (Å²) in [6, 6.07) is 4.17. The summed E-state index contributed by atoms with van der Waals surface area (Å²) in [6.07, 6.45) is 1.97. The smallest absolute Gasteiger partial charge is 0.323 e. The molecule has 94 valence electrons. The minimum absolute atomic E-state index is 0.0672. The number of pyridine rings is 1. The number of hydrogen-bond donors (Lipinski definition) is 1. The molecule has 0 aliphatic heterocycles. The molecule has 1 saturated carbocycles. The molecular formula is C13H15N3O2. The third-order valence-corrected chi connectivity index (χ3v) is 3.02. The van der Waals surface area contributed by atoms with Crippen LogP contribution in [0.3, 0.4) is 0 Å². The summed E-state index contributed by atoms with van der Waals surface area (Å²) in [5.41, 5.74) is 2.64. The summed E-state index contributed by atoms with van der Waals surface area (Å²) in [5.74, 6) is -0.877. The largest absolute Gasteiger partial charge is 0.480 e. The van der Waals surface area contributed by atoms with E-state index in [-0.39, 0.29) is 12.6 Å². The third-order valence-electron chi connectivity index (χ3n) is 3.02. The van der Waals surface area contributed by atoms with Gasteiger partial charge in [-0.2, -0.15) is 5.26 Å². The number of aryl methyl sites for hydroxylation is 2. The first-order valence-electron chi connectivity index (χ1n) is 5.89. The third kappa shape index (κ3) is 2.43. The van der Waals surface area contributed by atoms with Crippen LogP contribution in [0, 0.1) is 25.2 Å². The molecule has 5 heteroatoms. The first-order valence-corrected chi connectivity index (χ1v) is 5.89. The number of anilines is 1. The maximum atomic E-state index is 10.9. The average Bonchev–Trinajstić information content (AvgIpc) is 3.08. The Balaban J connectivity index is 2.46. The number of carbonyl (C=O) groups is 1. The molecule has 1 aliphatic rings. The summed E-state index contributed by atoms with van der Waals surface area (Å²) >= 11 is 0. The molecule has 1 aliphatic carbocycles. The van der Waals surface area contributed by atoms with Crippen LogP contribution in [-0.2, 0) is 4.79 Å². The molecule has 18 heavy (non-hydrogen) atoms. The van der Waals surface area contributed by atoms with Crippen molar-refractivity contribution in [3.8, 4) is 6.07 Å². The Morgan fingerprint density at radius 1 is 1.61 bits per heavy atom. The van der Waals surface area contributed by atoms with Gasteiger partial charge < -0.3 is 10.0 Å². The monoisotopic (exact) mass is 245 g/mol. The predicted octanol–water partition coefficient (Wildman–Crippen LogP) is 1.62. The molecule has 0 amide bonds. The van der Waals surface area contributed by atoms with Gasteiger partial charge in [-0.25, -0.2) is 0 Å². The maximum Gasteiger partial charge on any atom is 0.323 e. The lowest BCUT2D eigenvalue weighted by Crippen LogP contribution is -2.32. The topological polar surface area (TPSA) is 77.2 Å². The lowest BCUT2D eigenvalue weighted by molar-refractivity contribution is -0.135. The summed E-state index contributed by atoms with van der Waals surface area (Å²) in [7, 11) is 0. The van der Waals surface area contributed by atoms with E-state index in [1.165, 1.54) is 0 Å². The first kappa shape index (κ1) is 12.4. The van der Waals surface area contributed by atoms with Gasteiger partial charge in [0.2, 0.25) is 0 Å². The number of nitriles is 1. The lowest BCUT2D eigenvalue weighted by atomic mass is 10.1. The molecule has 0 radical (unpaired) electrons. The van der Waals surface area contributed by atoms with E-state index in [1.54, 1.807) is 13.0 Å². The molecule has 5 nitrogen and oxygen atoms in total. The molecule has 0 spiro atoms. The minimum Gasteiger partial charge on any atom is -0.480 e. The van der Waals surface area contributed by atoms with Crippen LogP contribution in [-0.4, -0.2) is 28.6 Å². The highest BCUT2D eigenvalue weighted by molar-refractivity contribution is 5.76. The second-order valence-corrected chi connectivity index (χ2v) is 4.61. The van der Waals surface area contributed by atoms with E-state index >= 15 is 0 Å². The second kappa shape index (κ2) is 4.65. The van der Waals surface area contributed by atoms with Gasteiger partial charge in [-0.3, -0.25) is 9.78 Å². The normalized spacial score (nSPS) is 14.1. The van der Waals surface area contributed by atoms with Crippen LogP contribution in [0.5, 0.6) is 0 Å². The van der Waals surface area contributed by atoms with Gasteiger partial charge in [0.15, 0.2) is 0 Å². The molecule has 0 atom stereocenters. The molecule has 2 rings (SSSR count). The minimum atomic E-state index is -0.877. The Morgan fingerprint density at radius 3 is 2.78 bits per heavy atom. The second-order valence-electron chi connectivity index (χ2n) is 4.61. The number of carboxylic acid groups (broad SMARTS) is 1. The molecule has 1 aromatic rings. The summed E-state index contributed by atoms with van der Waals surface area (Å²) in [5, 5.41) is 18.2. The van der Waals surface area contributed by atoms with E-state index in [4.69, 9.17) is 5.11 Å². The van der Waals surface area contributed by atoms with Gasteiger partial charge in [0.05, 0.1) is 16.9 Å². The van der Waals surface area contributed by atoms with E-state index in [0.717, 1.165) is 18.5 Å². The van der Waals surface area contributed by atoms with Crippen molar-refractivity contribution in [3.63, 3.8) is 0 Å². The highest BCUT2D eigenvalue weighted by atomic mass is 16.4. The van der Waals surface area contributed by atoms with Crippen molar-refractivity contribution in [1.29, 1.82) is 5.26 Å². The number of aromatic nitrogens is 1. The van der Waals surface area contributed by atoms with Gasteiger partial charge in [-0.15, -0.1) is 0 Å². The highest BCUT2D eigenvalue weighted by Crippen LogP contribution is 2.34. The van der Waals surface area contributed by atoms with E-state index in [0.29, 0.717) is 16.9 Å². The van der Waals surface area contributed by atoms with Crippen molar-refractivity contribution in [2.45, 2.75) is 32.7 Å². The van der Waals surface area contributed by atoms with Crippen molar-refractivity contribution < 1.29 is 9.90 Å². The standard InChI is InChI=1S/C13H15N3O2/c1-8-5-12(11(6-14)9(2)15-8)16(7-13(17)18)10-3-4-10/h5,10H,3-4,7H2,1-2H3,(H,17,18). The van der Waals surface area contributed by atoms with Gasteiger partial charge in [0.1, 0.15) is 12.6 Å². The molecule has 1 aromatic heterocycles. The van der Waals surface area contributed by atoms with Crippen LogP contribution >= 0.6 is 0 Å². The molecule has 1 N–H and O–H groups in total. The molecule has 1 fully saturated rings. The van der Waals surface area contributed by atoms with Crippen LogP contribution < -0.4 is 4.90 Å². The lowest BCUT2D eigenvalue weighted by Gasteiger charge is -2.24. The SMILES string of the molecule is Cc1cc(N(CC(=O)O)C2CC2)c(C#N)c(C)n1. The van der Waals surface area contributed by atoms with Gasteiger partial charge in [0, 0.05) is 11.7 Å². The fourth-order valence-corrected chi connectivity index (χ4v) is 2.12. The molecule has 0 bridgehead atoms. The van der Waals surface area contributed by atoms with Gasteiger partial charge in [0.25, 0.3) is 0 Å². The van der Waals surface area contributed by atoms with Crippen molar-refractivity contribution in [3.05, 3.63) is 23.0 Å². The quantitative estimate of drug-likeness (QED) is 0.872. The molecular weight excluding hydrogens is 230 g/mol. The Morgan fingerprint density at radius 2 is 2.28 bits per heavy atom. The van der Waals surface area contributed by atoms with Gasteiger partial charge in [-0.1, -0.05) is 0 Å². The van der Waals surface area contributed by atoms with E-state index in [2.05, 4.69) is 11.1 Å². The van der Waals surface area contributed by atoms with E-state index in [1.807, 2.05) is 11.8 Å². The van der Waals surface area contributed by atoms with E-state index in [9.17, 15) is 10.1 Å². The number of nitrogens with zero attached hydrogens (tertiary/aromatic N) is 3.